The summed E-state index contributed by atoms with van der Waals surface area (Å²) in [7, 11) is 3.26. The number of aromatic nitrogens is 3. The Morgan fingerprint density at radius 1 is 1.22 bits per heavy atom. The van der Waals surface area contributed by atoms with E-state index in [4.69, 9.17) is 21.1 Å². The standard InChI is InChI=1S/C23H25ClN4O3S/c1-15-6-7-16(11-19(15)24)28-14-25-26-23(28)32-13-22(29)27-10-4-5-20(27)18-9-8-17(30-2)12-21(18)31-3/h6-9,11-12,14,20H,4-5,10,13H2,1-3H3. The van der Waals surface area contributed by atoms with Gasteiger partial charge in [0.25, 0.3) is 0 Å². The fraction of sp³-hybridized carbons (Fsp3) is 0.348. The fourth-order valence-electron chi connectivity index (χ4n) is 3.92. The number of likely N-dealkylation sites (tertiary alicyclic amines) is 1. The predicted octanol–water partition coefficient (Wildman–Crippen LogP) is 4.70. The van der Waals surface area contributed by atoms with Crippen molar-refractivity contribution in [2.45, 2.75) is 31.0 Å². The van der Waals surface area contributed by atoms with Crippen molar-refractivity contribution in [1.82, 2.24) is 19.7 Å². The molecule has 2 heterocycles. The third-order valence-electron chi connectivity index (χ3n) is 5.65. The third-order valence-corrected chi connectivity index (χ3v) is 6.98. The fourth-order valence-corrected chi connectivity index (χ4v) is 4.91. The van der Waals surface area contributed by atoms with Crippen molar-refractivity contribution in [1.29, 1.82) is 0 Å². The number of amides is 1. The maximum absolute atomic E-state index is 13.2. The monoisotopic (exact) mass is 472 g/mol. The van der Waals surface area contributed by atoms with E-state index in [1.54, 1.807) is 20.5 Å². The second-order valence-corrected chi connectivity index (χ2v) is 8.91. The summed E-state index contributed by atoms with van der Waals surface area (Å²) in [5, 5.41) is 9.54. The van der Waals surface area contributed by atoms with Gasteiger partial charge in [0.1, 0.15) is 17.8 Å². The summed E-state index contributed by atoms with van der Waals surface area (Å²) in [5.41, 5.74) is 2.87. The molecule has 0 radical (unpaired) electrons. The van der Waals surface area contributed by atoms with Gasteiger partial charge in [-0.15, -0.1) is 10.2 Å². The smallest absolute Gasteiger partial charge is 0.233 e. The molecule has 0 saturated carbocycles. The van der Waals surface area contributed by atoms with Crippen LogP contribution in [-0.2, 0) is 4.79 Å². The minimum absolute atomic E-state index is 0.0160. The molecule has 0 N–H and O–H groups in total. The van der Waals surface area contributed by atoms with Gasteiger partial charge in [-0.25, -0.2) is 0 Å². The average Bonchev–Trinajstić information content (AvgIpc) is 3.48. The van der Waals surface area contributed by atoms with E-state index >= 15 is 0 Å². The number of rotatable bonds is 7. The number of carbonyl (C=O) groups is 1. The van der Waals surface area contributed by atoms with Crippen molar-refractivity contribution in [2.75, 3.05) is 26.5 Å². The Morgan fingerprint density at radius 3 is 2.81 bits per heavy atom. The molecule has 32 heavy (non-hydrogen) atoms. The molecule has 9 heteroatoms. The molecule has 3 aromatic rings. The third kappa shape index (κ3) is 4.56. The second-order valence-electron chi connectivity index (χ2n) is 7.56. The van der Waals surface area contributed by atoms with E-state index in [1.807, 2.05) is 52.8 Å². The lowest BCUT2D eigenvalue weighted by Gasteiger charge is -2.26. The van der Waals surface area contributed by atoms with Crippen LogP contribution in [-0.4, -0.2) is 52.1 Å². The van der Waals surface area contributed by atoms with Crippen molar-refractivity contribution in [3.8, 4) is 17.2 Å². The van der Waals surface area contributed by atoms with Gasteiger partial charge in [-0.2, -0.15) is 0 Å². The molecular formula is C23H25ClN4O3S. The Morgan fingerprint density at radius 2 is 2.06 bits per heavy atom. The van der Waals surface area contributed by atoms with Crippen LogP contribution >= 0.6 is 23.4 Å². The molecule has 1 aliphatic heterocycles. The Hall–Kier alpha value is -2.71. The number of thioether (sulfide) groups is 1. The lowest BCUT2D eigenvalue weighted by molar-refractivity contribution is -0.129. The van der Waals surface area contributed by atoms with Crippen molar-refractivity contribution in [2.24, 2.45) is 0 Å². The van der Waals surface area contributed by atoms with E-state index in [-0.39, 0.29) is 17.7 Å². The van der Waals surface area contributed by atoms with Gasteiger partial charge in [-0.05, 0) is 49.6 Å². The first-order valence-electron chi connectivity index (χ1n) is 10.3. The Balaban J connectivity index is 1.48. The van der Waals surface area contributed by atoms with Crippen LogP contribution < -0.4 is 9.47 Å². The molecule has 7 nitrogen and oxygen atoms in total. The van der Waals surface area contributed by atoms with Gasteiger partial charge in [-0.1, -0.05) is 29.4 Å². The summed E-state index contributed by atoms with van der Waals surface area (Å²) in [4.78, 5) is 15.1. The molecule has 168 valence electrons. The lowest BCUT2D eigenvalue weighted by atomic mass is 10.0. The van der Waals surface area contributed by atoms with Crippen LogP contribution in [0.4, 0.5) is 0 Å². The van der Waals surface area contributed by atoms with Crippen LogP contribution in [0.1, 0.15) is 30.0 Å². The van der Waals surface area contributed by atoms with Crippen LogP contribution in [0.15, 0.2) is 47.9 Å². The highest BCUT2D eigenvalue weighted by Gasteiger charge is 2.32. The second kappa shape index (κ2) is 9.83. The van der Waals surface area contributed by atoms with E-state index in [1.165, 1.54) is 11.8 Å². The zero-order chi connectivity index (χ0) is 22.7. The normalized spacial score (nSPS) is 15.8. The molecule has 0 aliphatic carbocycles. The topological polar surface area (TPSA) is 69.5 Å². The van der Waals surface area contributed by atoms with E-state index in [2.05, 4.69) is 10.2 Å². The van der Waals surface area contributed by atoms with Crippen molar-refractivity contribution in [3.05, 3.63) is 58.9 Å². The van der Waals surface area contributed by atoms with Crippen LogP contribution in [0, 0.1) is 6.92 Å². The zero-order valence-corrected chi connectivity index (χ0v) is 19.8. The summed E-state index contributed by atoms with van der Waals surface area (Å²) in [5.74, 6) is 1.80. The number of hydrogen-bond donors (Lipinski definition) is 0. The van der Waals surface area contributed by atoms with E-state index in [9.17, 15) is 4.79 Å². The molecule has 0 bridgehead atoms. The number of methoxy groups -OCH3 is 2. The molecule has 1 amide bonds. The molecule has 1 fully saturated rings. The van der Waals surface area contributed by atoms with Gasteiger partial charge in [0.15, 0.2) is 5.16 Å². The minimum Gasteiger partial charge on any atom is -0.497 e. The van der Waals surface area contributed by atoms with Crippen molar-refractivity contribution >= 4 is 29.3 Å². The Kier molecular flexibility index (Phi) is 6.91. The van der Waals surface area contributed by atoms with Crippen molar-refractivity contribution in [3.63, 3.8) is 0 Å². The molecule has 4 rings (SSSR count). The molecule has 1 aliphatic rings. The molecular weight excluding hydrogens is 448 g/mol. The Bertz CT molecular complexity index is 1120. The quantitative estimate of drug-likeness (QED) is 0.464. The van der Waals surface area contributed by atoms with Gasteiger partial charge < -0.3 is 14.4 Å². The average molecular weight is 473 g/mol. The largest absolute Gasteiger partial charge is 0.497 e. The number of ether oxygens (including phenoxy) is 2. The first-order chi connectivity index (χ1) is 15.5. The van der Waals surface area contributed by atoms with Crippen LogP contribution in [0.25, 0.3) is 5.69 Å². The highest BCUT2D eigenvalue weighted by Crippen LogP contribution is 2.39. The van der Waals surface area contributed by atoms with Gasteiger partial charge >= 0.3 is 0 Å². The summed E-state index contributed by atoms with van der Waals surface area (Å²) >= 11 is 7.65. The summed E-state index contributed by atoms with van der Waals surface area (Å²) in [6.07, 6.45) is 3.49. The number of aryl methyl sites for hydroxylation is 1. The SMILES string of the molecule is COc1ccc(C2CCCN2C(=O)CSc2nncn2-c2ccc(C)c(Cl)c2)c(OC)c1. The molecule has 2 aromatic carbocycles. The Labute approximate surface area is 196 Å². The predicted molar refractivity (Wildman–Crippen MR) is 125 cm³/mol. The summed E-state index contributed by atoms with van der Waals surface area (Å²) < 4.78 is 12.7. The number of carbonyl (C=O) groups excluding carboxylic acids is 1. The molecule has 1 saturated heterocycles. The minimum atomic E-state index is -0.0160. The molecule has 0 spiro atoms. The first-order valence-corrected chi connectivity index (χ1v) is 11.7. The van der Waals surface area contributed by atoms with Crippen molar-refractivity contribution < 1.29 is 14.3 Å². The molecule has 1 unspecified atom stereocenters. The number of nitrogens with zero attached hydrogens (tertiary/aromatic N) is 4. The van der Waals surface area contributed by atoms with E-state index in [0.717, 1.165) is 47.7 Å². The summed E-state index contributed by atoms with van der Waals surface area (Å²) in [6, 6.07) is 11.5. The van der Waals surface area contributed by atoms with Gasteiger partial charge in [0, 0.05) is 23.2 Å². The van der Waals surface area contributed by atoms with E-state index in [0.29, 0.717) is 10.2 Å². The highest BCUT2D eigenvalue weighted by atomic mass is 35.5. The maximum Gasteiger partial charge on any atom is 0.233 e. The molecule has 1 atom stereocenters. The van der Waals surface area contributed by atoms with E-state index < -0.39 is 0 Å². The first kappa shape index (κ1) is 22.5. The number of hydrogen-bond acceptors (Lipinski definition) is 6. The van der Waals surface area contributed by atoms with Crippen LogP contribution in [0.3, 0.4) is 0 Å². The zero-order valence-electron chi connectivity index (χ0n) is 18.2. The van der Waals surface area contributed by atoms with Gasteiger partial charge in [-0.3, -0.25) is 9.36 Å². The van der Waals surface area contributed by atoms with Crippen LogP contribution in [0.2, 0.25) is 5.02 Å². The van der Waals surface area contributed by atoms with Gasteiger partial charge in [0.05, 0.1) is 31.7 Å². The lowest BCUT2D eigenvalue weighted by Crippen LogP contribution is -2.32. The molecule has 1 aromatic heterocycles. The number of benzene rings is 2. The number of halogens is 1. The van der Waals surface area contributed by atoms with Gasteiger partial charge in [0.2, 0.25) is 5.91 Å². The summed E-state index contributed by atoms with van der Waals surface area (Å²) in [6.45, 7) is 2.68. The van der Waals surface area contributed by atoms with Crippen LogP contribution in [0.5, 0.6) is 11.5 Å². The maximum atomic E-state index is 13.2. The highest BCUT2D eigenvalue weighted by molar-refractivity contribution is 7.99.